The van der Waals surface area contributed by atoms with Crippen molar-refractivity contribution in [1.29, 1.82) is 0 Å². The van der Waals surface area contributed by atoms with E-state index in [1.165, 1.54) is 17.4 Å². The molecule has 0 unspecified atom stereocenters. The highest BCUT2D eigenvalue weighted by Gasteiger charge is 2.23. The lowest BCUT2D eigenvalue weighted by atomic mass is 10.3. The van der Waals surface area contributed by atoms with Crippen LogP contribution in [0.2, 0.25) is 5.02 Å². The Hall–Kier alpha value is -2.03. The molecule has 0 radical (unpaired) electrons. The molecule has 2 aromatic carbocycles. The van der Waals surface area contributed by atoms with Gasteiger partial charge in [0.25, 0.3) is 0 Å². The van der Waals surface area contributed by atoms with Gasteiger partial charge in [0, 0.05) is 37.3 Å². The van der Waals surface area contributed by atoms with E-state index in [2.05, 4.69) is 14.8 Å². The zero-order valence-corrected chi connectivity index (χ0v) is 16.3. The average molecular weight is 423 g/mol. The van der Waals surface area contributed by atoms with Gasteiger partial charge in [-0.25, -0.2) is 18.7 Å². The number of rotatable bonds is 2. The second-order valence-electron chi connectivity index (χ2n) is 6.31. The van der Waals surface area contributed by atoms with Crippen LogP contribution in [0, 0.1) is 11.6 Å². The molecule has 0 amide bonds. The van der Waals surface area contributed by atoms with Crippen LogP contribution in [0.5, 0.6) is 0 Å². The molecule has 1 aliphatic rings. The molecule has 138 valence electrons. The summed E-state index contributed by atoms with van der Waals surface area (Å²) in [6.07, 6.45) is 0. The van der Waals surface area contributed by atoms with E-state index < -0.39 is 11.6 Å². The summed E-state index contributed by atoms with van der Waals surface area (Å²) in [6, 6.07) is 7.93. The van der Waals surface area contributed by atoms with Gasteiger partial charge in [0.2, 0.25) is 0 Å². The molecule has 1 fully saturated rings. The number of halogens is 3. The van der Waals surface area contributed by atoms with Crippen molar-refractivity contribution >= 4 is 65.0 Å². The van der Waals surface area contributed by atoms with Gasteiger partial charge in [0.15, 0.2) is 16.1 Å². The third-order valence-corrected chi connectivity index (χ3v) is 6.94. The third-order valence-electron chi connectivity index (χ3n) is 4.56. The molecule has 0 aliphatic carbocycles. The van der Waals surface area contributed by atoms with Gasteiger partial charge in [-0.2, -0.15) is 0 Å². The van der Waals surface area contributed by atoms with E-state index in [4.69, 9.17) is 16.6 Å². The number of hydrogen-bond donors (Lipinski definition) is 0. The number of benzene rings is 2. The van der Waals surface area contributed by atoms with Crippen LogP contribution in [0.3, 0.4) is 0 Å². The van der Waals surface area contributed by atoms with Crippen LogP contribution < -0.4 is 9.80 Å². The first-order valence-electron chi connectivity index (χ1n) is 8.38. The van der Waals surface area contributed by atoms with Gasteiger partial charge in [-0.05, 0) is 24.3 Å². The maximum atomic E-state index is 13.9. The number of fused-ring (bicyclic) bond motifs is 2. The van der Waals surface area contributed by atoms with Gasteiger partial charge in [-0.15, -0.1) is 0 Å². The summed E-state index contributed by atoms with van der Waals surface area (Å²) in [5.41, 5.74) is 1.19. The van der Waals surface area contributed by atoms with Gasteiger partial charge >= 0.3 is 0 Å². The SMILES string of the molecule is Fc1cc(F)c2nc(N3CCN(c4nc5ccc(Cl)cc5s4)CC3)sc2c1. The summed E-state index contributed by atoms with van der Waals surface area (Å²) < 4.78 is 28.9. The highest BCUT2D eigenvalue weighted by Crippen LogP contribution is 2.34. The van der Waals surface area contributed by atoms with Crippen molar-refractivity contribution in [3.05, 3.63) is 47.0 Å². The summed E-state index contributed by atoms with van der Waals surface area (Å²) >= 11 is 9.01. The Morgan fingerprint density at radius 3 is 2.26 bits per heavy atom. The monoisotopic (exact) mass is 422 g/mol. The minimum Gasteiger partial charge on any atom is -0.345 e. The molecule has 9 heteroatoms. The minimum atomic E-state index is -0.612. The lowest BCUT2D eigenvalue weighted by Crippen LogP contribution is -2.46. The molecule has 0 spiro atoms. The average Bonchev–Trinajstić information content (AvgIpc) is 3.25. The molecule has 5 rings (SSSR count). The second-order valence-corrected chi connectivity index (χ2v) is 8.77. The van der Waals surface area contributed by atoms with Crippen molar-refractivity contribution in [2.45, 2.75) is 0 Å². The van der Waals surface area contributed by atoms with E-state index in [1.807, 2.05) is 18.2 Å². The number of hydrogen-bond acceptors (Lipinski definition) is 6. The normalized spacial score (nSPS) is 15.2. The predicted octanol–water partition coefficient (Wildman–Crippen LogP) is 5.16. The van der Waals surface area contributed by atoms with Crippen LogP contribution in [-0.4, -0.2) is 36.1 Å². The number of aromatic nitrogens is 2. The van der Waals surface area contributed by atoms with Crippen molar-refractivity contribution in [3.63, 3.8) is 0 Å². The number of anilines is 2. The summed E-state index contributed by atoms with van der Waals surface area (Å²) in [4.78, 5) is 13.4. The molecule has 0 saturated carbocycles. The molecule has 0 atom stereocenters. The summed E-state index contributed by atoms with van der Waals surface area (Å²) in [5.74, 6) is -1.18. The molecule has 1 aliphatic heterocycles. The Morgan fingerprint density at radius 2 is 1.52 bits per heavy atom. The predicted molar refractivity (Wildman–Crippen MR) is 109 cm³/mol. The van der Waals surface area contributed by atoms with Gasteiger partial charge in [0.05, 0.1) is 14.9 Å². The number of piperazine rings is 1. The van der Waals surface area contributed by atoms with E-state index in [9.17, 15) is 8.78 Å². The highest BCUT2D eigenvalue weighted by molar-refractivity contribution is 7.22. The lowest BCUT2D eigenvalue weighted by Gasteiger charge is -2.34. The molecule has 4 nitrogen and oxygen atoms in total. The van der Waals surface area contributed by atoms with E-state index in [0.29, 0.717) is 9.72 Å². The Balaban J connectivity index is 1.35. The molecule has 1 saturated heterocycles. The van der Waals surface area contributed by atoms with Crippen molar-refractivity contribution in [1.82, 2.24) is 9.97 Å². The van der Waals surface area contributed by atoms with Crippen molar-refractivity contribution in [3.8, 4) is 0 Å². The van der Waals surface area contributed by atoms with E-state index in [1.54, 1.807) is 11.3 Å². The fourth-order valence-corrected chi connectivity index (χ4v) is 5.54. The number of nitrogens with zero attached hydrogens (tertiary/aromatic N) is 4. The molecule has 3 heterocycles. The van der Waals surface area contributed by atoms with Crippen LogP contribution in [0.25, 0.3) is 20.4 Å². The molecular formula is C18H13ClF2N4S2. The molecule has 2 aromatic heterocycles. The summed E-state index contributed by atoms with van der Waals surface area (Å²) in [5, 5.41) is 2.41. The van der Waals surface area contributed by atoms with Crippen LogP contribution in [0.15, 0.2) is 30.3 Å². The zero-order chi connectivity index (χ0) is 18.5. The minimum absolute atomic E-state index is 0.238. The maximum absolute atomic E-state index is 13.9. The molecular weight excluding hydrogens is 410 g/mol. The van der Waals surface area contributed by atoms with Gasteiger partial charge in [0.1, 0.15) is 11.3 Å². The number of thiazole rings is 2. The smallest absolute Gasteiger partial charge is 0.186 e. The van der Waals surface area contributed by atoms with E-state index in [0.717, 1.165) is 52.7 Å². The fourth-order valence-electron chi connectivity index (χ4n) is 3.19. The topological polar surface area (TPSA) is 32.3 Å². The largest absolute Gasteiger partial charge is 0.345 e. The third kappa shape index (κ3) is 3.11. The Labute approximate surface area is 166 Å². The van der Waals surface area contributed by atoms with Crippen molar-refractivity contribution < 1.29 is 8.78 Å². The summed E-state index contributed by atoms with van der Waals surface area (Å²) in [7, 11) is 0. The van der Waals surface area contributed by atoms with Crippen LogP contribution in [0.4, 0.5) is 19.0 Å². The first-order chi connectivity index (χ1) is 13.1. The van der Waals surface area contributed by atoms with Crippen molar-refractivity contribution in [2.75, 3.05) is 36.0 Å². The Morgan fingerprint density at radius 1 is 0.852 bits per heavy atom. The molecule has 27 heavy (non-hydrogen) atoms. The highest BCUT2D eigenvalue weighted by atomic mass is 35.5. The standard InChI is InChI=1S/C18H13ClF2N4S2/c19-10-1-2-13-14(7-10)26-17(22-13)24-3-5-25(6-4-24)18-23-16-12(21)8-11(20)9-15(16)27-18/h1-2,7-9H,3-6H2. The second kappa shape index (κ2) is 6.54. The lowest BCUT2D eigenvalue weighted by molar-refractivity contribution is 0.591. The fraction of sp³-hybridized carbons (Fsp3) is 0.222. The molecule has 0 bridgehead atoms. The Kier molecular flexibility index (Phi) is 4.14. The Bertz CT molecular complexity index is 1150. The van der Waals surface area contributed by atoms with Crippen molar-refractivity contribution in [2.24, 2.45) is 0 Å². The van der Waals surface area contributed by atoms with E-state index in [-0.39, 0.29) is 5.52 Å². The maximum Gasteiger partial charge on any atom is 0.186 e. The zero-order valence-electron chi connectivity index (χ0n) is 14.0. The van der Waals surface area contributed by atoms with Gasteiger partial charge < -0.3 is 9.80 Å². The molecule has 4 aromatic rings. The van der Waals surface area contributed by atoms with Gasteiger partial charge in [-0.1, -0.05) is 34.3 Å². The van der Waals surface area contributed by atoms with Crippen LogP contribution >= 0.6 is 34.3 Å². The quantitative estimate of drug-likeness (QED) is 0.446. The van der Waals surface area contributed by atoms with Crippen LogP contribution in [-0.2, 0) is 0 Å². The van der Waals surface area contributed by atoms with Crippen LogP contribution in [0.1, 0.15) is 0 Å². The van der Waals surface area contributed by atoms with E-state index >= 15 is 0 Å². The van der Waals surface area contributed by atoms with Gasteiger partial charge in [-0.3, -0.25) is 0 Å². The summed E-state index contributed by atoms with van der Waals surface area (Å²) in [6.45, 7) is 3.09. The first-order valence-corrected chi connectivity index (χ1v) is 10.4. The molecule has 0 N–H and O–H groups in total. The first kappa shape index (κ1) is 17.1.